The Morgan fingerprint density at radius 3 is 1.06 bits per heavy atom. The van der Waals surface area contributed by atoms with Crippen LogP contribution >= 0.6 is 0 Å². The van der Waals surface area contributed by atoms with Crippen LogP contribution < -0.4 is 10.6 Å². The zero-order valence-corrected chi connectivity index (χ0v) is 19.7. The van der Waals surface area contributed by atoms with Crippen LogP contribution in [0.2, 0.25) is 0 Å². The number of rotatable bonds is 4. The molecule has 0 spiro atoms. The molecule has 4 heteroatoms. The molecular formula is C28H42N2O2. The third-order valence-electron chi connectivity index (χ3n) is 11.4. The third-order valence-corrected chi connectivity index (χ3v) is 11.4. The van der Waals surface area contributed by atoms with E-state index in [1.807, 2.05) is 0 Å². The highest BCUT2D eigenvalue weighted by molar-refractivity contribution is 5.85. The van der Waals surface area contributed by atoms with Crippen molar-refractivity contribution in [3.63, 3.8) is 0 Å². The fraction of sp³-hybridized carbons (Fsp3) is 0.929. The molecule has 0 saturated heterocycles. The first-order valence-corrected chi connectivity index (χ1v) is 14.1. The van der Waals surface area contributed by atoms with Gasteiger partial charge in [-0.15, -0.1) is 0 Å². The minimum Gasteiger partial charge on any atom is -0.351 e. The molecule has 0 aromatic heterocycles. The van der Waals surface area contributed by atoms with Gasteiger partial charge in [0.2, 0.25) is 11.8 Å². The number of carbonyl (C=O) groups is 2. The van der Waals surface area contributed by atoms with Gasteiger partial charge in [-0.3, -0.25) is 9.59 Å². The molecule has 2 unspecified atom stereocenters. The van der Waals surface area contributed by atoms with Crippen molar-refractivity contribution in [1.82, 2.24) is 10.6 Å². The van der Waals surface area contributed by atoms with E-state index in [1.54, 1.807) is 0 Å². The summed E-state index contributed by atoms with van der Waals surface area (Å²) in [6.07, 6.45) is 19.4. The van der Waals surface area contributed by atoms with E-state index in [0.29, 0.717) is 11.8 Å². The standard InChI is InChI=1S/C28H42N2O2/c31-25(27-11-17-5-18(12-27)7-19(6-17)13-27)29-23-3-1-2-4-24(23)30-26(32)28-14-20-8-21(15-28)10-22(9-20)16-28/h17-24H,1-16H2,(H,29,31)(H,30,32). The van der Waals surface area contributed by atoms with Gasteiger partial charge in [-0.25, -0.2) is 0 Å². The van der Waals surface area contributed by atoms with Crippen LogP contribution in [0.1, 0.15) is 103 Å². The minimum absolute atomic E-state index is 0.0827. The van der Waals surface area contributed by atoms with Crippen LogP contribution in [-0.4, -0.2) is 23.9 Å². The summed E-state index contributed by atoms with van der Waals surface area (Å²) in [6.45, 7) is 0. The van der Waals surface area contributed by atoms with Gasteiger partial charge in [-0.05, 0) is 125 Å². The Balaban J connectivity index is 1.05. The van der Waals surface area contributed by atoms with Crippen molar-refractivity contribution in [1.29, 1.82) is 0 Å². The van der Waals surface area contributed by atoms with Crippen molar-refractivity contribution in [2.45, 2.75) is 115 Å². The van der Waals surface area contributed by atoms with Crippen LogP contribution in [0.5, 0.6) is 0 Å². The first-order chi connectivity index (χ1) is 15.5. The molecule has 0 aliphatic heterocycles. The summed E-state index contributed by atoms with van der Waals surface area (Å²) in [6, 6.07) is 0.282. The summed E-state index contributed by atoms with van der Waals surface area (Å²) in [7, 11) is 0. The number of amides is 2. The van der Waals surface area contributed by atoms with Crippen LogP contribution in [0.15, 0.2) is 0 Å². The van der Waals surface area contributed by atoms with Crippen molar-refractivity contribution in [3.8, 4) is 0 Å². The van der Waals surface area contributed by atoms with Gasteiger partial charge in [0.1, 0.15) is 0 Å². The summed E-state index contributed by atoms with van der Waals surface area (Å²) in [5, 5.41) is 7.10. The van der Waals surface area contributed by atoms with Gasteiger partial charge in [0, 0.05) is 22.9 Å². The van der Waals surface area contributed by atoms with Crippen LogP contribution in [0.4, 0.5) is 0 Å². The quantitative estimate of drug-likeness (QED) is 0.651. The Labute approximate surface area is 193 Å². The lowest BCUT2D eigenvalue weighted by Crippen LogP contribution is -2.61. The lowest BCUT2D eigenvalue weighted by Gasteiger charge is -2.56. The lowest BCUT2D eigenvalue weighted by molar-refractivity contribution is -0.150. The van der Waals surface area contributed by atoms with E-state index in [-0.39, 0.29) is 22.9 Å². The molecule has 9 fully saturated rings. The van der Waals surface area contributed by atoms with Gasteiger partial charge in [-0.1, -0.05) is 12.8 Å². The molecule has 0 radical (unpaired) electrons. The van der Waals surface area contributed by atoms with Crippen LogP contribution in [0, 0.1) is 46.3 Å². The molecule has 9 aliphatic carbocycles. The van der Waals surface area contributed by atoms with Gasteiger partial charge < -0.3 is 10.6 Å². The molecule has 9 saturated carbocycles. The van der Waals surface area contributed by atoms with Crippen LogP contribution in [0.3, 0.4) is 0 Å². The molecule has 4 nitrogen and oxygen atoms in total. The Hall–Kier alpha value is -1.06. The average molecular weight is 439 g/mol. The molecule has 9 aliphatic rings. The second-order valence-corrected chi connectivity index (χ2v) is 13.8. The summed E-state index contributed by atoms with van der Waals surface area (Å²) < 4.78 is 0. The van der Waals surface area contributed by atoms with Gasteiger partial charge >= 0.3 is 0 Å². The molecule has 2 N–H and O–H groups in total. The Kier molecular flexibility index (Phi) is 4.58. The van der Waals surface area contributed by atoms with Gasteiger partial charge in [0.05, 0.1) is 0 Å². The van der Waals surface area contributed by atoms with E-state index < -0.39 is 0 Å². The lowest BCUT2D eigenvalue weighted by atomic mass is 9.49. The van der Waals surface area contributed by atoms with Crippen molar-refractivity contribution in [2.24, 2.45) is 46.3 Å². The van der Waals surface area contributed by atoms with E-state index in [4.69, 9.17) is 0 Å². The number of hydrogen-bond donors (Lipinski definition) is 2. The highest BCUT2D eigenvalue weighted by Crippen LogP contribution is 2.61. The second-order valence-electron chi connectivity index (χ2n) is 13.8. The topological polar surface area (TPSA) is 58.2 Å². The van der Waals surface area contributed by atoms with Crippen molar-refractivity contribution in [3.05, 3.63) is 0 Å². The zero-order valence-electron chi connectivity index (χ0n) is 19.7. The molecule has 0 aromatic carbocycles. The fourth-order valence-corrected chi connectivity index (χ4v) is 10.9. The highest BCUT2D eigenvalue weighted by atomic mass is 16.2. The van der Waals surface area contributed by atoms with E-state index in [0.717, 1.165) is 86.9 Å². The summed E-state index contributed by atoms with van der Waals surface area (Å²) in [5.41, 5.74) is -0.165. The molecule has 8 bridgehead atoms. The van der Waals surface area contributed by atoms with Crippen LogP contribution in [-0.2, 0) is 9.59 Å². The molecule has 0 heterocycles. The Morgan fingerprint density at radius 1 is 0.500 bits per heavy atom. The number of nitrogens with one attached hydrogen (secondary N) is 2. The number of hydrogen-bond acceptors (Lipinski definition) is 2. The summed E-state index contributed by atoms with van der Waals surface area (Å²) in [4.78, 5) is 27.4. The number of carbonyl (C=O) groups excluding carboxylic acids is 2. The fourth-order valence-electron chi connectivity index (χ4n) is 10.9. The molecule has 9 rings (SSSR count). The molecular weight excluding hydrogens is 396 g/mol. The average Bonchev–Trinajstić information content (AvgIpc) is 2.73. The first kappa shape index (κ1) is 20.3. The van der Waals surface area contributed by atoms with Gasteiger partial charge in [-0.2, -0.15) is 0 Å². The van der Waals surface area contributed by atoms with E-state index in [9.17, 15) is 9.59 Å². The molecule has 2 amide bonds. The smallest absolute Gasteiger partial charge is 0.226 e. The first-order valence-electron chi connectivity index (χ1n) is 14.1. The van der Waals surface area contributed by atoms with E-state index in [2.05, 4.69) is 10.6 Å². The van der Waals surface area contributed by atoms with E-state index in [1.165, 1.54) is 51.4 Å². The normalized spacial score (nSPS) is 52.8. The molecule has 0 aromatic rings. The summed E-state index contributed by atoms with van der Waals surface area (Å²) >= 11 is 0. The molecule has 176 valence electrons. The van der Waals surface area contributed by atoms with Gasteiger partial charge in [0.25, 0.3) is 0 Å². The van der Waals surface area contributed by atoms with E-state index >= 15 is 0 Å². The van der Waals surface area contributed by atoms with Crippen molar-refractivity contribution in [2.75, 3.05) is 0 Å². The maximum absolute atomic E-state index is 13.7. The SMILES string of the molecule is O=C(NC1CCCCC1NC(=O)C12CC3CC(CC(C3)C1)C2)C12CC3CC(CC(C3)C1)C2. The molecule has 32 heavy (non-hydrogen) atoms. The highest BCUT2D eigenvalue weighted by Gasteiger charge is 2.56. The maximum Gasteiger partial charge on any atom is 0.226 e. The van der Waals surface area contributed by atoms with Crippen molar-refractivity contribution < 1.29 is 9.59 Å². The third kappa shape index (κ3) is 3.21. The minimum atomic E-state index is -0.0827. The monoisotopic (exact) mass is 438 g/mol. The van der Waals surface area contributed by atoms with Crippen LogP contribution in [0.25, 0.3) is 0 Å². The zero-order chi connectivity index (χ0) is 21.5. The maximum atomic E-state index is 13.7. The predicted molar refractivity (Wildman–Crippen MR) is 124 cm³/mol. The molecule has 2 atom stereocenters. The Bertz CT molecular complexity index is 667. The summed E-state index contributed by atoms with van der Waals surface area (Å²) in [5.74, 6) is 5.47. The second kappa shape index (κ2) is 7.22. The van der Waals surface area contributed by atoms with Gasteiger partial charge in [0.15, 0.2) is 0 Å². The largest absolute Gasteiger partial charge is 0.351 e. The van der Waals surface area contributed by atoms with Crippen molar-refractivity contribution >= 4 is 11.8 Å². The Morgan fingerprint density at radius 2 is 0.781 bits per heavy atom. The predicted octanol–water partition coefficient (Wildman–Crippen LogP) is 4.96.